The van der Waals surface area contributed by atoms with Crippen LogP contribution in [0.5, 0.6) is 0 Å². The van der Waals surface area contributed by atoms with Crippen molar-refractivity contribution in [2.75, 3.05) is 39.6 Å². The Kier molecular flexibility index (Phi) is 68.6. The molecular formula is C77H140O16P2. The topological polar surface area (TPSA) is 231 Å². The molecule has 554 valence electrons. The smallest absolute Gasteiger partial charge is 0.463 e. The SMILES string of the molecule is CC/C=C\C/C=C\C/C=C\C/C=C\C/C=C\CCCCCCCCCCCCCCCCCC(=O)OCC(O)COP(=O)(O)OCC(O)COP(=O)(O)OCC(COC(=O)CCCCCCCCCCCCCCCCC)OC(=O)CCCCCCC/C=C\CCCCCC. The molecule has 0 aromatic rings. The third kappa shape index (κ3) is 72.1. The molecule has 16 nitrogen and oxygen atoms in total. The lowest BCUT2D eigenvalue weighted by molar-refractivity contribution is -0.161. The van der Waals surface area contributed by atoms with Gasteiger partial charge in [0.15, 0.2) is 6.10 Å². The number of aliphatic hydroxyl groups excluding tert-OH is 2. The van der Waals surface area contributed by atoms with Gasteiger partial charge in [0.05, 0.1) is 26.4 Å². The van der Waals surface area contributed by atoms with E-state index in [4.69, 9.17) is 32.3 Å². The van der Waals surface area contributed by atoms with Crippen LogP contribution >= 0.6 is 15.6 Å². The molecule has 18 heteroatoms. The first kappa shape index (κ1) is 92.0. The maximum atomic E-state index is 12.9. The van der Waals surface area contributed by atoms with E-state index < -0.39 is 91.5 Å². The van der Waals surface area contributed by atoms with Crippen molar-refractivity contribution in [1.29, 1.82) is 0 Å². The van der Waals surface area contributed by atoms with Gasteiger partial charge in [0.2, 0.25) is 0 Å². The highest BCUT2D eigenvalue weighted by Gasteiger charge is 2.29. The van der Waals surface area contributed by atoms with E-state index in [1.807, 2.05) is 0 Å². The van der Waals surface area contributed by atoms with Crippen LogP contribution in [0.2, 0.25) is 0 Å². The van der Waals surface area contributed by atoms with E-state index >= 15 is 0 Å². The summed E-state index contributed by atoms with van der Waals surface area (Å²) in [6.07, 6.45) is 76.8. The molecule has 0 fully saturated rings. The number of phosphoric acid groups is 2. The second-order valence-corrected chi connectivity index (χ2v) is 28.7. The number of carbonyl (C=O) groups excluding carboxylic acids is 3. The number of unbranched alkanes of at least 4 members (excludes halogenated alkanes) is 38. The van der Waals surface area contributed by atoms with Crippen LogP contribution in [0, 0.1) is 0 Å². The molecule has 0 aromatic heterocycles. The normalized spacial score (nSPS) is 14.5. The molecule has 0 heterocycles. The van der Waals surface area contributed by atoms with E-state index in [1.54, 1.807) is 0 Å². The van der Waals surface area contributed by atoms with Gasteiger partial charge < -0.3 is 34.2 Å². The van der Waals surface area contributed by atoms with Crippen LogP contribution in [0.25, 0.3) is 0 Å². The van der Waals surface area contributed by atoms with Crippen LogP contribution in [0.3, 0.4) is 0 Å². The molecule has 0 aliphatic heterocycles. The van der Waals surface area contributed by atoms with E-state index in [1.165, 1.54) is 173 Å². The summed E-state index contributed by atoms with van der Waals surface area (Å²) in [6.45, 7) is 2.59. The summed E-state index contributed by atoms with van der Waals surface area (Å²) < 4.78 is 61.0. The number of ether oxygens (including phenoxy) is 3. The molecule has 5 atom stereocenters. The number of aliphatic hydroxyl groups is 2. The highest BCUT2D eigenvalue weighted by molar-refractivity contribution is 7.47. The lowest BCUT2D eigenvalue weighted by Gasteiger charge is -2.21. The Morgan fingerprint density at radius 2 is 0.558 bits per heavy atom. The van der Waals surface area contributed by atoms with Crippen LogP contribution in [0.4, 0.5) is 0 Å². The number of rotatable bonds is 73. The molecule has 95 heavy (non-hydrogen) atoms. The van der Waals surface area contributed by atoms with Gasteiger partial charge in [-0.05, 0) is 89.9 Å². The fourth-order valence-electron chi connectivity index (χ4n) is 10.6. The summed E-state index contributed by atoms with van der Waals surface area (Å²) in [6, 6.07) is 0. The van der Waals surface area contributed by atoms with Crippen LogP contribution in [0.15, 0.2) is 72.9 Å². The lowest BCUT2D eigenvalue weighted by atomic mass is 10.0. The van der Waals surface area contributed by atoms with Crippen molar-refractivity contribution in [1.82, 2.24) is 0 Å². The number of carbonyl (C=O) groups is 3. The standard InChI is InChI=1S/C77H140O16P2/c1-4-7-10-13-16-19-22-25-27-28-29-30-31-32-33-34-35-36-37-38-39-40-41-42-44-47-48-51-54-57-60-63-75(80)87-66-72(78)67-89-94(83,84)90-68-73(79)69-91-95(85,86)92-71-74(93-77(82)65-62-59-56-53-50-45-24-21-18-15-12-9-6-3)70-88-76(81)64-61-58-55-52-49-46-43-26-23-20-17-14-11-8-5-2/h7,10,16,19,21,24-25,27,29-30,32-33,72-74,78-79H,4-6,8-9,11-15,17-18,20,22-23,26,28,31,34-71H2,1-3H3,(H,83,84)(H,85,86)/b10-7-,19-16-,24-21-,27-25-,30-29-,33-32-. The van der Waals surface area contributed by atoms with Crippen LogP contribution < -0.4 is 0 Å². The first-order valence-electron chi connectivity index (χ1n) is 38.2. The second kappa shape index (κ2) is 70.8. The van der Waals surface area contributed by atoms with Crippen LogP contribution in [-0.4, -0.2) is 95.9 Å². The average Bonchev–Trinajstić information content (AvgIpc) is 1.75. The predicted octanol–water partition coefficient (Wildman–Crippen LogP) is 21.9. The van der Waals surface area contributed by atoms with Gasteiger partial charge in [-0.25, -0.2) is 9.13 Å². The molecule has 0 radical (unpaired) electrons. The largest absolute Gasteiger partial charge is 0.472 e. The Labute approximate surface area is 579 Å². The fourth-order valence-corrected chi connectivity index (χ4v) is 12.2. The van der Waals surface area contributed by atoms with E-state index in [0.29, 0.717) is 19.3 Å². The number of hydrogen-bond donors (Lipinski definition) is 4. The molecule has 0 spiro atoms. The van der Waals surface area contributed by atoms with Crippen molar-refractivity contribution in [2.45, 2.75) is 360 Å². The first-order valence-corrected chi connectivity index (χ1v) is 41.2. The van der Waals surface area contributed by atoms with Gasteiger partial charge in [-0.3, -0.25) is 32.5 Å². The van der Waals surface area contributed by atoms with Crippen molar-refractivity contribution in [3.8, 4) is 0 Å². The molecule has 0 aromatic carbocycles. The minimum Gasteiger partial charge on any atom is -0.463 e. The predicted molar refractivity (Wildman–Crippen MR) is 390 cm³/mol. The fraction of sp³-hybridized carbons (Fsp3) is 0.805. The molecule has 0 aliphatic carbocycles. The second-order valence-electron chi connectivity index (χ2n) is 25.8. The van der Waals surface area contributed by atoms with Gasteiger partial charge in [0.1, 0.15) is 25.4 Å². The Morgan fingerprint density at radius 1 is 0.305 bits per heavy atom. The van der Waals surface area contributed by atoms with E-state index in [0.717, 1.165) is 109 Å². The number of hydrogen-bond acceptors (Lipinski definition) is 14. The number of phosphoric ester groups is 2. The first-order chi connectivity index (χ1) is 46.2. The van der Waals surface area contributed by atoms with Gasteiger partial charge in [0.25, 0.3) is 0 Å². The van der Waals surface area contributed by atoms with Gasteiger partial charge in [0, 0.05) is 19.3 Å². The molecule has 0 saturated carbocycles. The Morgan fingerprint density at radius 3 is 0.905 bits per heavy atom. The number of allylic oxidation sites excluding steroid dienone is 12. The van der Waals surface area contributed by atoms with E-state index in [2.05, 4.69) is 93.7 Å². The summed E-state index contributed by atoms with van der Waals surface area (Å²) >= 11 is 0. The molecule has 0 saturated heterocycles. The third-order valence-corrected chi connectivity index (χ3v) is 18.3. The summed E-state index contributed by atoms with van der Waals surface area (Å²) in [5.74, 6) is -1.56. The monoisotopic (exact) mass is 1380 g/mol. The maximum absolute atomic E-state index is 12.9. The molecule has 0 bridgehead atoms. The summed E-state index contributed by atoms with van der Waals surface area (Å²) in [4.78, 5) is 58.4. The zero-order valence-electron chi connectivity index (χ0n) is 60.3. The highest BCUT2D eigenvalue weighted by atomic mass is 31.2. The van der Waals surface area contributed by atoms with E-state index in [9.17, 15) is 43.5 Å². The Balaban J connectivity index is 4.38. The molecule has 0 rings (SSSR count). The van der Waals surface area contributed by atoms with Gasteiger partial charge in [-0.1, -0.05) is 306 Å². The van der Waals surface area contributed by atoms with Crippen molar-refractivity contribution in [2.24, 2.45) is 0 Å². The minimum absolute atomic E-state index is 0.0998. The highest BCUT2D eigenvalue weighted by Crippen LogP contribution is 2.45. The maximum Gasteiger partial charge on any atom is 0.472 e. The molecule has 5 unspecified atom stereocenters. The molecule has 4 N–H and O–H groups in total. The van der Waals surface area contributed by atoms with Crippen molar-refractivity contribution >= 4 is 33.6 Å². The molecule has 0 amide bonds. The third-order valence-electron chi connectivity index (χ3n) is 16.4. The summed E-state index contributed by atoms with van der Waals surface area (Å²) in [5.41, 5.74) is 0. The summed E-state index contributed by atoms with van der Waals surface area (Å²) in [5, 5.41) is 20.6. The van der Waals surface area contributed by atoms with Crippen molar-refractivity contribution in [3.05, 3.63) is 72.9 Å². The minimum atomic E-state index is -4.92. The van der Waals surface area contributed by atoms with Gasteiger partial charge >= 0.3 is 33.6 Å². The van der Waals surface area contributed by atoms with Crippen molar-refractivity contribution < 1.29 is 75.8 Å². The zero-order valence-corrected chi connectivity index (χ0v) is 62.1. The average molecular weight is 1380 g/mol. The van der Waals surface area contributed by atoms with Gasteiger partial charge in [-0.2, -0.15) is 0 Å². The zero-order chi connectivity index (χ0) is 69.5. The Hall–Kier alpha value is -3.01. The van der Waals surface area contributed by atoms with Crippen molar-refractivity contribution in [3.63, 3.8) is 0 Å². The summed E-state index contributed by atoms with van der Waals surface area (Å²) in [7, 11) is -9.77. The van der Waals surface area contributed by atoms with Crippen LogP contribution in [0.1, 0.15) is 342 Å². The Bertz CT molecular complexity index is 2020. The van der Waals surface area contributed by atoms with E-state index in [-0.39, 0.29) is 19.3 Å². The molecular weight excluding hydrogens is 1240 g/mol. The van der Waals surface area contributed by atoms with Crippen LogP contribution in [-0.2, 0) is 55.8 Å². The molecule has 0 aliphatic rings. The number of esters is 3. The van der Waals surface area contributed by atoms with Gasteiger partial charge in [-0.15, -0.1) is 0 Å². The quantitative estimate of drug-likeness (QED) is 0.0146. The lowest BCUT2D eigenvalue weighted by Crippen LogP contribution is -2.30.